The van der Waals surface area contributed by atoms with Crippen LogP contribution in [0.25, 0.3) is 0 Å². The molecule has 0 bridgehead atoms. The van der Waals surface area contributed by atoms with Crippen LogP contribution in [0.1, 0.15) is 22.8 Å². The molecule has 2 aromatic carbocycles. The van der Waals surface area contributed by atoms with E-state index in [-0.39, 0.29) is 23.5 Å². The molecule has 8 heteroatoms. The Bertz CT molecular complexity index is 885. The van der Waals surface area contributed by atoms with Gasteiger partial charge in [0.25, 0.3) is 5.91 Å². The summed E-state index contributed by atoms with van der Waals surface area (Å²) in [6.45, 7) is 1.67. The molecule has 0 saturated heterocycles. The molecule has 2 aromatic rings. The molecule has 0 aliphatic rings. The van der Waals surface area contributed by atoms with Gasteiger partial charge in [-0.25, -0.2) is 17.2 Å². The maximum Gasteiger partial charge on any atom is 0.253 e. The predicted molar refractivity (Wildman–Crippen MR) is 91.9 cm³/mol. The zero-order valence-corrected chi connectivity index (χ0v) is 14.5. The molecule has 2 rings (SSSR count). The third-order valence-electron chi connectivity index (χ3n) is 3.38. The second kappa shape index (κ2) is 7.60. The second-order valence-electron chi connectivity index (χ2n) is 5.73. The van der Waals surface area contributed by atoms with Crippen molar-refractivity contribution in [1.82, 2.24) is 5.32 Å². The smallest absolute Gasteiger partial charge is 0.253 e. The Morgan fingerprint density at radius 3 is 2.48 bits per heavy atom. The summed E-state index contributed by atoms with van der Waals surface area (Å²) in [5, 5.41) is 2.62. The van der Waals surface area contributed by atoms with E-state index in [2.05, 4.69) is 10.0 Å². The van der Waals surface area contributed by atoms with Crippen molar-refractivity contribution in [3.63, 3.8) is 0 Å². The lowest BCUT2D eigenvalue weighted by atomic mass is 10.1. The molecule has 5 nitrogen and oxygen atoms in total. The summed E-state index contributed by atoms with van der Waals surface area (Å²) in [6.07, 6.45) is 1.17. The van der Waals surface area contributed by atoms with Crippen LogP contribution in [-0.4, -0.2) is 26.6 Å². The van der Waals surface area contributed by atoms with Gasteiger partial charge in [0.2, 0.25) is 10.0 Å². The molecule has 0 spiro atoms. The van der Waals surface area contributed by atoms with Gasteiger partial charge in [-0.1, -0.05) is 18.2 Å². The molecular formula is C17H18F2N2O3S. The van der Waals surface area contributed by atoms with Crippen LogP contribution in [-0.2, 0) is 16.4 Å². The summed E-state index contributed by atoms with van der Waals surface area (Å²) < 4.78 is 52.1. The van der Waals surface area contributed by atoms with Crippen LogP contribution in [0, 0.1) is 11.6 Å². The molecule has 134 valence electrons. The van der Waals surface area contributed by atoms with Gasteiger partial charge in [0.15, 0.2) is 0 Å². The molecule has 1 amide bonds. The summed E-state index contributed by atoms with van der Waals surface area (Å²) in [5.41, 5.74) is 0.259. The van der Waals surface area contributed by atoms with E-state index in [4.69, 9.17) is 0 Å². The number of benzene rings is 2. The number of anilines is 1. The number of amides is 1. The first kappa shape index (κ1) is 18.9. The predicted octanol–water partition coefficient (Wildman–Crippen LogP) is 2.70. The zero-order chi connectivity index (χ0) is 18.6. The Hall–Kier alpha value is -2.48. The molecule has 0 heterocycles. The Labute approximate surface area is 145 Å². The molecule has 1 atom stereocenters. The molecule has 0 aromatic heterocycles. The fraction of sp³-hybridized carbons (Fsp3) is 0.235. The highest BCUT2D eigenvalue weighted by molar-refractivity contribution is 7.92. The molecule has 0 fully saturated rings. The number of carbonyl (C=O) groups excluding carboxylic acids is 1. The van der Waals surface area contributed by atoms with Crippen molar-refractivity contribution < 1.29 is 22.0 Å². The summed E-state index contributed by atoms with van der Waals surface area (Å²) in [4.78, 5) is 12.4. The molecule has 0 aliphatic heterocycles. The van der Waals surface area contributed by atoms with Crippen molar-refractivity contribution in [2.45, 2.75) is 19.4 Å². The fourth-order valence-corrected chi connectivity index (χ4v) is 2.92. The quantitative estimate of drug-likeness (QED) is 0.823. The summed E-state index contributed by atoms with van der Waals surface area (Å²) in [5.74, 6) is -1.71. The fourth-order valence-electron chi connectivity index (χ4n) is 2.34. The first-order valence-electron chi connectivity index (χ1n) is 7.47. The Kier molecular flexibility index (Phi) is 5.73. The number of rotatable bonds is 6. The Balaban J connectivity index is 2.17. The van der Waals surface area contributed by atoms with Crippen molar-refractivity contribution in [1.29, 1.82) is 0 Å². The van der Waals surface area contributed by atoms with Crippen LogP contribution < -0.4 is 10.0 Å². The molecule has 2 N–H and O–H groups in total. The third-order valence-corrected chi connectivity index (χ3v) is 3.97. The minimum absolute atomic E-state index is 0.0282. The van der Waals surface area contributed by atoms with E-state index in [0.717, 1.165) is 18.4 Å². The normalized spacial score (nSPS) is 12.5. The average molecular weight is 368 g/mol. The lowest BCUT2D eigenvalue weighted by Gasteiger charge is -2.16. The number of sulfonamides is 1. The number of hydrogen-bond acceptors (Lipinski definition) is 3. The number of carbonyl (C=O) groups is 1. The van der Waals surface area contributed by atoms with Crippen molar-refractivity contribution >= 4 is 21.6 Å². The third kappa shape index (κ3) is 5.53. The van der Waals surface area contributed by atoms with Crippen LogP contribution in [0.2, 0.25) is 0 Å². The SMILES string of the molecule is C[C@@H](Cc1ccccc1F)NC(=O)c1cc(F)ccc1NS(C)(=O)=O. The Morgan fingerprint density at radius 1 is 1.16 bits per heavy atom. The molecule has 0 radical (unpaired) electrons. The van der Waals surface area contributed by atoms with Crippen LogP contribution in [0.15, 0.2) is 42.5 Å². The average Bonchev–Trinajstić information content (AvgIpc) is 2.50. The second-order valence-corrected chi connectivity index (χ2v) is 7.48. The number of hydrogen-bond donors (Lipinski definition) is 2. The van der Waals surface area contributed by atoms with Gasteiger partial charge in [0.1, 0.15) is 11.6 Å². The minimum Gasteiger partial charge on any atom is -0.349 e. The van der Waals surface area contributed by atoms with E-state index in [1.165, 1.54) is 12.1 Å². The highest BCUT2D eigenvalue weighted by atomic mass is 32.2. The van der Waals surface area contributed by atoms with Gasteiger partial charge in [0, 0.05) is 6.04 Å². The molecule has 0 saturated carbocycles. The van der Waals surface area contributed by atoms with Crippen molar-refractivity contribution in [3.8, 4) is 0 Å². The van der Waals surface area contributed by atoms with Gasteiger partial charge in [0.05, 0.1) is 17.5 Å². The van der Waals surface area contributed by atoms with Crippen LogP contribution >= 0.6 is 0 Å². The van der Waals surface area contributed by atoms with Crippen molar-refractivity contribution in [2.24, 2.45) is 0 Å². The van der Waals surface area contributed by atoms with Gasteiger partial charge in [-0.2, -0.15) is 0 Å². The molecule has 0 unspecified atom stereocenters. The van der Waals surface area contributed by atoms with Gasteiger partial charge in [-0.3, -0.25) is 9.52 Å². The van der Waals surface area contributed by atoms with Gasteiger partial charge in [-0.05, 0) is 43.2 Å². The minimum atomic E-state index is -3.63. The first-order valence-corrected chi connectivity index (χ1v) is 9.36. The molecule has 25 heavy (non-hydrogen) atoms. The maximum absolute atomic E-state index is 13.7. The van der Waals surface area contributed by atoms with E-state index >= 15 is 0 Å². The van der Waals surface area contributed by atoms with Crippen LogP contribution in [0.3, 0.4) is 0 Å². The van der Waals surface area contributed by atoms with E-state index in [0.29, 0.717) is 5.56 Å². The van der Waals surface area contributed by atoms with E-state index in [1.54, 1.807) is 25.1 Å². The largest absolute Gasteiger partial charge is 0.349 e. The van der Waals surface area contributed by atoms with E-state index in [9.17, 15) is 22.0 Å². The highest BCUT2D eigenvalue weighted by Gasteiger charge is 2.18. The summed E-state index contributed by atoms with van der Waals surface area (Å²) in [7, 11) is -3.63. The number of nitrogens with one attached hydrogen (secondary N) is 2. The highest BCUT2D eigenvalue weighted by Crippen LogP contribution is 2.19. The molecule has 0 aliphatic carbocycles. The van der Waals surface area contributed by atoms with E-state index < -0.39 is 27.8 Å². The van der Waals surface area contributed by atoms with Crippen molar-refractivity contribution in [3.05, 3.63) is 65.2 Å². The first-order chi connectivity index (χ1) is 11.7. The summed E-state index contributed by atoms with van der Waals surface area (Å²) >= 11 is 0. The lowest BCUT2D eigenvalue weighted by molar-refractivity contribution is 0.0940. The Morgan fingerprint density at radius 2 is 1.84 bits per heavy atom. The van der Waals surface area contributed by atoms with Gasteiger partial charge >= 0.3 is 0 Å². The maximum atomic E-state index is 13.7. The zero-order valence-electron chi connectivity index (χ0n) is 13.7. The van der Waals surface area contributed by atoms with Crippen LogP contribution in [0.5, 0.6) is 0 Å². The standard InChI is InChI=1S/C17H18F2N2O3S/c1-11(9-12-5-3-4-6-15(12)19)20-17(22)14-10-13(18)7-8-16(14)21-25(2,23)24/h3-8,10-11,21H,9H2,1-2H3,(H,20,22)/t11-/m0/s1. The van der Waals surface area contributed by atoms with E-state index in [1.807, 2.05) is 0 Å². The lowest BCUT2D eigenvalue weighted by Crippen LogP contribution is -2.35. The topological polar surface area (TPSA) is 75.3 Å². The number of halogens is 2. The van der Waals surface area contributed by atoms with Gasteiger partial charge in [-0.15, -0.1) is 0 Å². The van der Waals surface area contributed by atoms with Gasteiger partial charge < -0.3 is 5.32 Å². The molecular weight excluding hydrogens is 350 g/mol. The monoisotopic (exact) mass is 368 g/mol. The van der Waals surface area contributed by atoms with Crippen LogP contribution in [0.4, 0.5) is 14.5 Å². The van der Waals surface area contributed by atoms with Crippen molar-refractivity contribution in [2.75, 3.05) is 11.0 Å². The summed E-state index contributed by atoms with van der Waals surface area (Å²) in [6, 6.07) is 8.91.